The molecule has 0 aromatic heterocycles. The molecular formula is C12H15BrO2. The summed E-state index contributed by atoms with van der Waals surface area (Å²) in [6.45, 7) is 5.89. The molecule has 15 heavy (non-hydrogen) atoms. The van der Waals surface area contributed by atoms with E-state index in [4.69, 9.17) is 5.11 Å². The Morgan fingerprint density at radius 3 is 2.60 bits per heavy atom. The lowest BCUT2D eigenvalue weighted by Crippen LogP contribution is -2.22. The molecule has 0 saturated carbocycles. The molecule has 2 nitrogen and oxygen atoms in total. The van der Waals surface area contributed by atoms with Gasteiger partial charge in [0.1, 0.15) is 0 Å². The number of carboxylic acid groups (broad SMARTS) is 1. The Balaban J connectivity index is 3.14. The maximum Gasteiger partial charge on any atom is 0.304 e. The van der Waals surface area contributed by atoms with Gasteiger partial charge in [0.25, 0.3) is 0 Å². The minimum atomic E-state index is -0.770. The van der Waals surface area contributed by atoms with Gasteiger partial charge in [-0.2, -0.15) is 0 Å². The van der Waals surface area contributed by atoms with Crippen LogP contribution >= 0.6 is 15.9 Å². The van der Waals surface area contributed by atoms with Gasteiger partial charge in [-0.25, -0.2) is 0 Å². The highest BCUT2D eigenvalue weighted by molar-refractivity contribution is 9.10. The van der Waals surface area contributed by atoms with Crippen LogP contribution in [0.1, 0.15) is 31.4 Å². The summed E-state index contributed by atoms with van der Waals surface area (Å²) in [7, 11) is 0. The molecule has 0 atom stereocenters. The van der Waals surface area contributed by atoms with Gasteiger partial charge in [0.15, 0.2) is 0 Å². The van der Waals surface area contributed by atoms with Crippen molar-refractivity contribution < 1.29 is 9.90 Å². The Hall–Kier alpha value is -0.830. The van der Waals surface area contributed by atoms with Crippen molar-refractivity contribution in [2.75, 3.05) is 0 Å². The number of hydrogen-bond acceptors (Lipinski definition) is 1. The smallest absolute Gasteiger partial charge is 0.304 e. The van der Waals surface area contributed by atoms with E-state index in [1.54, 1.807) is 0 Å². The fraction of sp³-hybridized carbons (Fsp3) is 0.417. The van der Waals surface area contributed by atoms with E-state index >= 15 is 0 Å². The third-order valence-corrected chi connectivity index (χ3v) is 3.57. The largest absolute Gasteiger partial charge is 0.481 e. The van der Waals surface area contributed by atoms with Crippen LogP contribution in [0, 0.1) is 6.92 Å². The molecule has 1 aromatic rings. The third-order valence-electron chi connectivity index (χ3n) is 2.51. The van der Waals surface area contributed by atoms with Crippen molar-refractivity contribution in [2.24, 2.45) is 0 Å². The zero-order valence-corrected chi connectivity index (χ0v) is 10.8. The van der Waals surface area contributed by atoms with Crippen LogP contribution in [0.5, 0.6) is 0 Å². The number of aryl methyl sites for hydroxylation is 1. The van der Waals surface area contributed by atoms with Crippen LogP contribution in [0.15, 0.2) is 22.7 Å². The Labute approximate surface area is 98.4 Å². The van der Waals surface area contributed by atoms with Gasteiger partial charge < -0.3 is 5.11 Å². The lowest BCUT2D eigenvalue weighted by atomic mass is 9.81. The van der Waals surface area contributed by atoms with E-state index in [2.05, 4.69) is 15.9 Å². The maximum absolute atomic E-state index is 10.8. The molecule has 0 amide bonds. The van der Waals surface area contributed by atoms with E-state index in [0.29, 0.717) is 0 Å². The van der Waals surface area contributed by atoms with Crippen molar-refractivity contribution in [1.82, 2.24) is 0 Å². The first-order chi connectivity index (χ1) is 6.84. The summed E-state index contributed by atoms with van der Waals surface area (Å²) in [5, 5.41) is 8.86. The average Bonchev–Trinajstić information content (AvgIpc) is 2.07. The summed E-state index contributed by atoms with van der Waals surface area (Å²) in [5.41, 5.74) is 1.83. The molecule has 0 saturated heterocycles. The predicted molar refractivity (Wildman–Crippen MR) is 64.2 cm³/mol. The molecule has 0 heterocycles. The van der Waals surface area contributed by atoms with E-state index < -0.39 is 5.97 Å². The normalized spacial score (nSPS) is 11.5. The summed E-state index contributed by atoms with van der Waals surface area (Å²) in [6.07, 6.45) is 0.134. The van der Waals surface area contributed by atoms with Gasteiger partial charge >= 0.3 is 5.97 Å². The second kappa shape index (κ2) is 4.35. The maximum atomic E-state index is 10.8. The third kappa shape index (κ3) is 2.81. The Bertz CT molecular complexity index is 383. The Kier molecular flexibility index (Phi) is 3.55. The van der Waals surface area contributed by atoms with Crippen LogP contribution in [0.4, 0.5) is 0 Å². The van der Waals surface area contributed by atoms with Gasteiger partial charge in [0.05, 0.1) is 6.42 Å². The number of hydrogen-bond donors (Lipinski definition) is 1. The zero-order valence-electron chi connectivity index (χ0n) is 9.17. The molecule has 0 aliphatic rings. The molecule has 0 bridgehead atoms. The highest BCUT2D eigenvalue weighted by atomic mass is 79.9. The first kappa shape index (κ1) is 12.2. The highest BCUT2D eigenvalue weighted by Gasteiger charge is 2.26. The number of carboxylic acids is 1. The minimum absolute atomic E-state index is 0.134. The molecule has 0 fully saturated rings. The Morgan fingerprint density at radius 1 is 1.47 bits per heavy atom. The summed E-state index contributed by atoms with van der Waals surface area (Å²) >= 11 is 3.51. The van der Waals surface area contributed by atoms with E-state index in [9.17, 15) is 4.79 Å². The molecule has 0 unspecified atom stereocenters. The standard InChI is InChI=1S/C12H15BrO2/c1-8-5-4-6-9(11(8)13)12(2,3)7-10(14)15/h4-6H,7H2,1-3H3,(H,14,15). The summed E-state index contributed by atoms with van der Waals surface area (Å²) in [6, 6.07) is 5.93. The first-order valence-electron chi connectivity index (χ1n) is 4.82. The molecule has 0 radical (unpaired) electrons. The van der Waals surface area contributed by atoms with Crippen molar-refractivity contribution in [3.8, 4) is 0 Å². The van der Waals surface area contributed by atoms with E-state index in [1.165, 1.54) is 0 Å². The van der Waals surface area contributed by atoms with Gasteiger partial charge in [-0.3, -0.25) is 4.79 Å². The van der Waals surface area contributed by atoms with E-state index in [0.717, 1.165) is 15.6 Å². The molecule has 3 heteroatoms. The van der Waals surface area contributed by atoms with Crippen molar-refractivity contribution in [3.63, 3.8) is 0 Å². The second-order valence-corrected chi connectivity index (χ2v) is 5.18. The fourth-order valence-corrected chi connectivity index (χ4v) is 2.44. The predicted octanol–water partition coefficient (Wildman–Crippen LogP) is 3.51. The zero-order chi connectivity index (χ0) is 11.6. The summed E-state index contributed by atoms with van der Waals surface area (Å²) < 4.78 is 1.01. The molecule has 1 N–H and O–H groups in total. The second-order valence-electron chi connectivity index (χ2n) is 4.39. The molecule has 0 spiro atoms. The molecule has 1 aromatic carbocycles. The van der Waals surface area contributed by atoms with Crippen LogP contribution in [-0.4, -0.2) is 11.1 Å². The SMILES string of the molecule is Cc1cccc(C(C)(C)CC(=O)O)c1Br. The van der Waals surface area contributed by atoms with Crippen LogP contribution < -0.4 is 0 Å². The van der Waals surface area contributed by atoms with Gasteiger partial charge in [-0.05, 0) is 18.1 Å². The number of benzene rings is 1. The molecular weight excluding hydrogens is 256 g/mol. The first-order valence-corrected chi connectivity index (χ1v) is 5.61. The summed E-state index contributed by atoms with van der Waals surface area (Å²) in [5.74, 6) is -0.770. The fourth-order valence-electron chi connectivity index (χ4n) is 1.64. The summed E-state index contributed by atoms with van der Waals surface area (Å²) in [4.78, 5) is 10.8. The minimum Gasteiger partial charge on any atom is -0.481 e. The lowest BCUT2D eigenvalue weighted by Gasteiger charge is -2.25. The topological polar surface area (TPSA) is 37.3 Å². The number of carbonyl (C=O) groups is 1. The van der Waals surface area contributed by atoms with Gasteiger partial charge in [0, 0.05) is 9.89 Å². The molecule has 82 valence electrons. The van der Waals surface area contributed by atoms with E-state index in [1.807, 2.05) is 39.0 Å². The van der Waals surface area contributed by atoms with Crippen LogP contribution in [0.25, 0.3) is 0 Å². The van der Waals surface area contributed by atoms with Crippen LogP contribution in [0.2, 0.25) is 0 Å². The van der Waals surface area contributed by atoms with Gasteiger partial charge in [0.2, 0.25) is 0 Å². The van der Waals surface area contributed by atoms with Crippen molar-refractivity contribution in [3.05, 3.63) is 33.8 Å². The quantitative estimate of drug-likeness (QED) is 0.913. The van der Waals surface area contributed by atoms with Crippen LogP contribution in [-0.2, 0) is 10.2 Å². The molecule has 0 aliphatic carbocycles. The molecule has 1 rings (SSSR count). The Morgan fingerprint density at radius 2 is 2.07 bits per heavy atom. The van der Waals surface area contributed by atoms with Gasteiger partial charge in [-0.1, -0.05) is 48.0 Å². The monoisotopic (exact) mass is 270 g/mol. The molecule has 0 aliphatic heterocycles. The average molecular weight is 271 g/mol. The lowest BCUT2D eigenvalue weighted by molar-refractivity contribution is -0.138. The van der Waals surface area contributed by atoms with Crippen molar-refractivity contribution in [2.45, 2.75) is 32.6 Å². The van der Waals surface area contributed by atoms with Crippen molar-refractivity contribution in [1.29, 1.82) is 0 Å². The number of halogens is 1. The van der Waals surface area contributed by atoms with Crippen LogP contribution in [0.3, 0.4) is 0 Å². The number of aliphatic carboxylic acids is 1. The van der Waals surface area contributed by atoms with Crippen molar-refractivity contribution >= 4 is 21.9 Å². The van der Waals surface area contributed by atoms with Gasteiger partial charge in [-0.15, -0.1) is 0 Å². The van der Waals surface area contributed by atoms with E-state index in [-0.39, 0.29) is 11.8 Å². The number of rotatable bonds is 3. The highest BCUT2D eigenvalue weighted by Crippen LogP contribution is 2.34.